The molecule has 2 aromatic rings. The molecule has 0 unspecified atom stereocenters. The summed E-state index contributed by atoms with van der Waals surface area (Å²) >= 11 is 0. The lowest BCUT2D eigenvalue weighted by atomic mass is 9.93. The van der Waals surface area contributed by atoms with Gasteiger partial charge in [-0.3, -0.25) is 9.88 Å². The molecule has 4 rings (SSSR count). The Morgan fingerprint density at radius 2 is 2.12 bits per heavy atom. The van der Waals surface area contributed by atoms with E-state index in [0.717, 1.165) is 24.9 Å². The third-order valence-corrected chi connectivity index (χ3v) is 4.52. The number of rotatable bonds is 3. The van der Waals surface area contributed by atoms with Crippen molar-refractivity contribution >= 4 is 6.09 Å². The summed E-state index contributed by atoms with van der Waals surface area (Å²) in [5.74, 6) is 1.13. The number of likely N-dealkylation sites (tertiary alicyclic amines) is 1. The van der Waals surface area contributed by atoms with Crippen LogP contribution in [0.1, 0.15) is 18.7 Å². The summed E-state index contributed by atoms with van der Waals surface area (Å²) in [7, 11) is 1.77. The highest BCUT2D eigenvalue weighted by atomic mass is 16.6. The van der Waals surface area contributed by atoms with E-state index in [1.54, 1.807) is 24.3 Å². The van der Waals surface area contributed by atoms with Crippen LogP contribution in [0.3, 0.4) is 0 Å². The second kappa shape index (κ2) is 5.86. The van der Waals surface area contributed by atoms with Crippen LogP contribution in [0.2, 0.25) is 0 Å². The van der Waals surface area contributed by atoms with Crippen LogP contribution in [0.25, 0.3) is 11.4 Å². The van der Waals surface area contributed by atoms with Crippen LogP contribution in [0, 0.1) is 0 Å². The smallest absolute Gasteiger partial charge is 0.410 e. The predicted octanol–water partition coefficient (Wildman–Crippen LogP) is 1.55. The first kappa shape index (κ1) is 15.1. The van der Waals surface area contributed by atoms with E-state index < -0.39 is 5.60 Å². The summed E-state index contributed by atoms with van der Waals surface area (Å²) in [6, 6.07) is 3.69. The zero-order valence-electron chi connectivity index (χ0n) is 13.5. The quantitative estimate of drug-likeness (QED) is 0.844. The lowest BCUT2D eigenvalue weighted by Crippen LogP contribution is -2.50. The number of nitrogens with zero attached hydrogens (tertiary/aromatic N) is 5. The second-order valence-corrected chi connectivity index (χ2v) is 6.47. The third kappa shape index (κ3) is 2.84. The van der Waals surface area contributed by atoms with Crippen molar-refractivity contribution in [2.24, 2.45) is 0 Å². The van der Waals surface area contributed by atoms with Gasteiger partial charge in [0, 0.05) is 31.5 Å². The molecule has 1 amide bonds. The average molecular weight is 329 g/mol. The number of ether oxygens (including phenoxy) is 1. The van der Waals surface area contributed by atoms with Gasteiger partial charge >= 0.3 is 6.09 Å². The van der Waals surface area contributed by atoms with Gasteiger partial charge < -0.3 is 14.2 Å². The zero-order chi connectivity index (χ0) is 16.6. The first-order valence-corrected chi connectivity index (χ1v) is 8.03. The first-order chi connectivity index (χ1) is 11.6. The Balaban J connectivity index is 1.44. The SMILES string of the molecule is CN1C[C@]2(CCCN(Cc3nc(-c4ccncc4)no3)C2)OC1=O. The fourth-order valence-corrected chi connectivity index (χ4v) is 3.46. The Kier molecular flexibility index (Phi) is 3.68. The second-order valence-electron chi connectivity index (χ2n) is 6.47. The molecule has 2 aromatic heterocycles. The molecule has 2 aliphatic rings. The van der Waals surface area contributed by atoms with Crippen molar-refractivity contribution in [2.75, 3.05) is 26.7 Å². The maximum atomic E-state index is 11.7. The lowest BCUT2D eigenvalue weighted by Gasteiger charge is -2.37. The normalized spacial score (nSPS) is 24.5. The highest BCUT2D eigenvalue weighted by Crippen LogP contribution is 2.31. The van der Waals surface area contributed by atoms with Crippen molar-refractivity contribution in [3.05, 3.63) is 30.4 Å². The minimum Gasteiger partial charge on any atom is -0.440 e. The number of piperidine rings is 1. The number of amides is 1. The maximum Gasteiger partial charge on any atom is 0.410 e. The number of carbonyl (C=O) groups excluding carboxylic acids is 1. The van der Waals surface area contributed by atoms with Crippen molar-refractivity contribution in [2.45, 2.75) is 25.0 Å². The maximum absolute atomic E-state index is 11.7. The molecule has 1 atom stereocenters. The summed E-state index contributed by atoms with van der Waals surface area (Å²) in [6.45, 7) is 2.81. The van der Waals surface area contributed by atoms with E-state index in [0.29, 0.717) is 31.3 Å². The van der Waals surface area contributed by atoms with Gasteiger partial charge in [-0.15, -0.1) is 0 Å². The van der Waals surface area contributed by atoms with E-state index in [4.69, 9.17) is 9.26 Å². The number of carbonyl (C=O) groups is 1. The monoisotopic (exact) mass is 329 g/mol. The van der Waals surface area contributed by atoms with E-state index in [1.807, 2.05) is 12.1 Å². The number of likely N-dealkylation sites (N-methyl/N-ethyl adjacent to an activating group) is 1. The summed E-state index contributed by atoms with van der Waals surface area (Å²) in [5.41, 5.74) is 0.472. The van der Waals surface area contributed by atoms with Crippen molar-refractivity contribution in [1.82, 2.24) is 24.9 Å². The molecule has 0 saturated carbocycles. The van der Waals surface area contributed by atoms with Gasteiger partial charge in [0.1, 0.15) is 5.60 Å². The lowest BCUT2D eigenvalue weighted by molar-refractivity contribution is -0.0139. The average Bonchev–Trinajstić information content (AvgIpc) is 3.14. The summed E-state index contributed by atoms with van der Waals surface area (Å²) in [6.07, 6.45) is 5.03. The van der Waals surface area contributed by atoms with E-state index in [2.05, 4.69) is 20.0 Å². The molecule has 0 N–H and O–H groups in total. The molecule has 2 fully saturated rings. The third-order valence-electron chi connectivity index (χ3n) is 4.52. The number of pyridine rings is 1. The fourth-order valence-electron chi connectivity index (χ4n) is 3.46. The van der Waals surface area contributed by atoms with Crippen LogP contribution in [0.5, 0.6) is 0 Å². The van der Waals surface area contributed by atoms with Gasteiger partial charge in [0.2, 0.25) is 11.7 Å². The first-order valence-electron chi connectivity index (χ1n) is 8.03. The molecule has 4 heterocycles. The molecule has 8 nitrogen and oxygen atoms in total. The zero-order valence-corrected chi connectivity index (χ0v) is 13.5. The number of hydrogen-bond acceptors (Lipinski definition) is 7. The van der Waals surface area contributed by atoms with Crippen molar-refractivity contribution in [1.29, 1.82) is 0 Å². The molecule has 0 aliphatic carbocycles. The van der Waals surface area contributed by atoms with E-state index in [-0.39, 0.29) is 6.09 Å². The minimum atomic E-state index is -0.405. The topological polar surface area (TPSA) is 84.6 Å². The van der Waals surface area contributed by atoms with Crippen LogP contribution in [0.4, 0.5) is 4.79 Å². The molecular formula is C16H19N5O3. The van der Waals surface area contributed by atoms with E-state index >= 15 is 0 Å². The van der Waals surface area contributed by atoms with Crippen molar-refractivity contribution < 1.29 is 14.1 Å². The molecule has 1 spiro atoms. The minimum absolute atomic E-state index is 0.241. The van der Waals surface area contributed by atoms with Gasteiger partial charge in [-0.25, -0.2) is 4.79 Å². The van der Waals surface area contributed by atoms with Gasteiger partial charge in [-0.2, -0.15) is 4.98 Å². The van der Waals surface area contributed by atoms with Gasteiger partial charge in [-0.05, 0) is 31.5 Å². The van der Waals surface area contributed by atoms with Crippen LogP contribution in [-0.2, 0) is 11.3 Å². The number of aromatic nitrogens is 3. The summed E-state index contributed by atoms with van der Waals surface area (Å²) in [5, 5.41) is 4.03. The summed E-state index contributed by atoms with van der Waals surface area (Å²) < 4.78 is 11.0. The van der Waals surface area contributed by atoms with Crippen LogP contribution in [-0.4, -0.2) is 63.3 Å². The highest BCUT2D eigenvalue weighted by molar-refractivity contribution is 5.70. The Bertz CT molecular complexity index is 734. The molecule has 126 valence electrons. The fraction of sp³-hybridized carbons (Fsp3) is 0.500. The molecule has 0 aromatic carbocycles. The van der Waals surface area contributed by atoms with Crippen LogP contribution in [0.15, 0.2) is 29.0 Å². The van der Waals surface area contributed by atoms with E-state index in [9.17, 15) is 4.79 Å². The van der Waals surface area contributed by atoms with Gasteiger partial charge in [0.05, 0.1) is 13.1 Å². The highest BCUT2D eigenvalue weighted by Gasteiger charge is 2.46. The molecular weight excluding hydrogens is 310 g/mol. The van der Waals surface area contributed by atoms with Gasteiger partial charge in [0.15, 0.2) is 0 Å². The van der Waals surface area contributed by atoms with E-state index in [1.165, 1.54) is 0 Å². The molecule has 24 heavy (non-hydrogen) atoms. The molecule has 0 bridgehead atoms. The van der Waals surface area contributed by atoms with Gasteiger partial charge in [-0.1, -0.05) is 5.16 Å². The van der Waals surface area contributed by atoms with Crippen molar-refractivity contribution in [3.8, 4) is 11.4 Å². The molecule has 2 aliphatic heterocycles. The number of hydrogen-bond donors (Lipinski definition) is 0. The Morgan fingerprint density at radius 1 is 1.29 bits per heavy atom. The summed E-state index contributed by atoms with van der Waals surface area (Å²) in [4.78, 5) is 24.0. The largest absolute Gasteiger partial charge is 0.440 e. The standard InChI is InChI=1S/C16H19N5O3/c1-20-10-16(23-15(20)22)5-2-8-21(11-16)9-13-18-14(19-24-13)12-3-6-17-7-4-12/h3-4,6-7H,2,5,8-11H2,1H3/t16-/m0/s1. The Hall–Kier alpha value is -2.48. The van der Waals surface area contributed by atoms with Crippen molar-refractivity contribution in [3.63, 3.8) is 0 Å². The Labute approximate surface area is 139 Å². The molecule has 8 heteroatoms. The van der Waals surface area contributed by atoms with Gasteiger partial charge in [0.25, 0.3) is 0 Å². The van der Waals surface area contributed by atoms with Crippen LogP contribution < -0.4 is 0 Å². The predicted molar refractivity (Wildman–Crippen MR) is 83.9 cm³/mol. The molecule has 2 saturated heterocycles. The van der Waals surface area contributed by atoms with Crippen LogP contribution >= 0.6 is 0 Å². The Morgan fingerprint density at radius 3 is 2.88 bits per heavy atom. The molecule has 0 radical (unpaired) electrons.